The van der Waals surface area contributed by atoms with Crippen LogP contribution in [0.25, 0.3) is 16.7 Å². The summed E-state index contributed by atoms with van der Waals surface area (Å²) in [4.78, 5) is 26.0. The number of halogens is 2. The predicted molar refractivity (Wildman–Crippen MR) is 99.6 cm³/mol. The lowest BCUT2D eigenvalue weighted by Crippen LogP contribution is -2.15. The van der Waals surface area contributed by atoms with Crippen LogP contribution < -0.4 is 10.7 Å². The van der Waals surface area contributed by atoms with Gasteiger partial charge in [0.2, 0.25) is 0 Å². The van der Waals surface area contributed by atoms with Crippen LogP contribution in [0.1, 0.15) is 10.6 Å². The van der Waals surface area contributed by atoms with E-state index in [0.29, 0.717) is 16.4 Å². The van der Waals surface area contributed by atoms with Crippen molar-refractivity contribution in [1.82, 2.24) is 20.2 Å². The fourth-order valence-electron chi connectivity index (χ4n) is 2.45. The van der Waals surface area contributed by atoms with Crippen molar-refractivity contribution < 1.29 is 9.21 Å². The lowest BCUT2D eigenvalue weighted by molar-refractivity contribution is 0.0997. The van der Waals surface area contributed by atoms with Gasteiger partial charge >= 0.3 is 0 Å². The second-order valence-electron chi connectivity index (χ2n) is 5.47. The number of aromatic nitrogens is 4. The molecule has 0 saturated carbocycles. The fraction of sp³-hybridized carbons (Fsp3) is 0. The summed E-state index contributed by atoms with van der Waals surface area (Å²) in [6.07, 6.45) is 1.32. The Bertz CT molecular complexity index is 1200. The van der Waals surface area contributed by atoms with E-state index >= 15 is 0 Å². The molecule has 1 N–H and O–H groups in total. The standard InChI is InChI=1S/C17H9Cl2N5O3/c18-9-5-12-14(25)7-15(27-16(12)13(19)6-9)17(26)22-10-1-3-11(4-2-10)24-21-8-20-23-24/h1-8H,(H,22,26). The summed E-state index contributed by atoms with van der Waals surface area (Å²) in [6, 6.07) is 10.7. The number of carbonyl (C=O) groups excluding carboxylic acids is 1. The van der Waals surface area contributed by atoms with E-state index in [1.54, 1.807) is 24.3 Å². The minimum atomic E-state index is -0.591. The van der Waals surface area contributed by atoms with Crippen molar-refractivity contribution in [3.05, 3.63) is 74.8 Å². The lowest BCUT2D eigenvalue weighted by Gasteiger charge is -2.07. The van der Waals surface area contributed by atoms with Gasteiger partial charge in [-0.3, -0.25) is 9.59 Å². The number of anilines is 1. The molecule has 0 spiro atoms. The molecule has 4 rings (SSSR count). The Morgan fingerprint density at radius 2 is 1.89 bits per heavy atom. The second-order valence-corrected chi connectivity index (χ2v) is 6.31. The first-order valence-corrected chi connectivity index (χ1v) is 8.34. The average molecular weight is 402 g/mol. The van der Waals surface area contributed by atoms with E-state index in [-0.39, 0.29) is 21.8 Å². The van der Waals surface area contributed by atoms with E-state index in [4.69, 9.17) is 27.6 Å². The van der Waals surface area contributed by atoms with E-state index < -0.39 is 11.3 Å². The molecule has 8 nitrogen and oxygen atoms in total. The van der Waals surface area contributed by atoms with Gasteiger partial charge in [0.05, 0.1) is 16.1 Å². The van der Waals surface area contributed by atoms with Crippen molar-refractivity contribution in [1.29, 1.82) is 0 Å². The van der Waals surface area contributed by atoms with E-state index in [1.165, 1.54) is 23.3 Å². The van der Waals surface area contributed by atoms with E-state index in [1.807, 2.05) is 0 Å². The highest BCUT2D eigenvalue weighted by molar-refractivity contribution is 6.38. The van der Waals surface area contributed by atoms with Crippen LogP contribution in [-0.2, 0) is 0 Å². The maximum absolute atomic E-state index is 12.4. The van der Waals surface area contributed by atoms with Crippen LogP contribution in [0.3, 0.4) is 0 Å². The maximum atomic E-state index is 12.4. The van der Waals surface area contributed by atoms with Gasteiger partial charge in [-0.25, -0.2) is 0 Å². The molecule has 0 unspecified atom stereocenters. The summed E-state index contributed by atoms with van der Waals surface area (Å²) in [5, 5.41) is 14.6. The van der Waals surface area contributed by atoms with Gasteiger partial charge in [-0.1, -0.05) is 23.2 Å². The molecule has 0 atom stereocenters. The highest BCUT2D eigenvalue weighted by atomic mass is 35.5. The SMILES string of the molecule is O=C(Nc1ccc(-n2ncnn2)cc1)c1cc(=O)c2cc(Cl)cc(Cl)c2o1. The third-order valence-electron chi connectivity index (χ3n) is 3.68. The highest BCUT2D eigenvalue weighted by Crippen LogP contribution is 2.27. The number of nitrogens with zero attached hydrogens (tertiary/aromatic N) is 4. The number of hydrogen-bond donors (Lipinski definition) is 1. The van der Waals surface area contributed by atoms with Crippen molar-refractivity contribution in [3.8, 4) is 5.69 Å². The molecule has 0 bridgehead atoms. The van der Waals surface area contributed by atoms with Crippen molar-refractivity contribution in [2.24, 2.45) is 0 Å². The number of nitrogens with one attached hydrogen (secondary N) is 1. The summed E-state index contributed by atoms with van der Waals surface area (Å²) in [6.45, 7) is 0. The number of carbonyl (C=O) groups is 1. The van der Waals surface area contributed by atoms with Crippen LogP contribution >= 0.6 is 23.2 Å². The monoisotopic (exact) mass is 401 g/mol. The number of rotatable bonds is 3. The minimum Gasteiger partial charge on any atom is -0.449 e. The molecule has 2 heterocycles. The summed E-state index contributed by atoms with van der Waals surface area (Å²) in [5.74, 6) is -0.759. The highest BCUT2D eigenvalue weighted by Gasteiger charge is 2.15. The van der Waals surface area contributed by atoms with E-state index in [9.17, 15) is 9.59 Å². The topological polar surface area (TPSA) is 103 Å². The van der Waals surface area contributed by atoms with E-state index in [0.717, 1.165) is 6.07 Å². The summed E-state index contributed by atoms with van der Waals surface area (Å²) >= 11 is 12.0. The number of hydrogen-bond acceptors (Lipinski definition) is 6. The van der Waals surface area contributed by atoms with Crippen LogP contribution in [0.15, 0.2) is 58.0 Å². The Kier molecular flexibility index (Phi) is 4.35. The molecule has 1 amide bonds. The van der Waals surface area contributed by atoms with Crippen LogP contribution in [0, 0.1) is 0 Å². The average Bonchev–Trinajstić information content (AvgIpc) is 3.17. The molecule has 27 heavy (non-hydrogen) atoms. The van der Waals surface area contributed by atoms with E-state index in [2.05, 4.69) is 20.7 Å². The molecule has 0 saturated heterocycles. The summed E-state index contributed by atoms with van der Waals surface area (Å²) in [5.41, 5.74) is 0.852. The third-order valence-corrected chi connectivity index (χ3v) is 4.18. The van der Waals surface area contributed by atoms with Gasteiger partial charge in [-0.15, -0.1) is 15.0 Å². The lowest BCUT2D eigenvalue weighted by atomic mass is 10.2. The first-order chi connectivity index (χ1) is 13.0. The van der Waals surface area contributed by atoms with Crippen LogP contribution in [0.5, 0.6) is 0 Å². The van der Waals surface area contributed by atoms with Gasteiger partial charge < -0.3 is 9.73 Å². The van der Waals surface area contributed by atoms with Gasteiger partial charge in [-0.2, -0.15) is 0 Å². The molecule has 4 aromatic rings. The summed E-state index contributed by atoms with van der Waals surface area (Å²) < 4.78 is 5.51. The van der Waals surface area contributed by atoms with Gasteiger partial charge in [0.25, 0.3) is 5.91 Å². The number of amides is 1. The van der Waals surface area contributed by atoms with Crippen molar-refractivity contribution >= 4 is 45.8 Å². The van der Waals surface area contributed by atoms with Crippen molar-refractivity contribution in [2.45, 2.75) is 0 Å². The fourth-order valence-corrected chi connectivity index (χ4v) is 2.98. The third kappa shape index (κ3) is 3.40. The summed E-state index contributed by atoms with van der Waals surface area (Å²) in [7, 11) is 0. The molecule has 0 aliphatic carbocycles. The largest absolute Gasteiger partial charge is 0.449 e. The molecule has 2 aromatic carbocycles. The first kappa shape index (κ1) is 17.2. The number of fused-ring (bicyclic) bond motifs is 1. The van der Waals surface area contributed by atoms with Gasteiger partial charge in [-0.05, 0) is 41.6 Å². The Morgan fingerprint density at radius 3 is 2.59 bits per heavy atom. The van der Waals surface area contributed by atoms with Crippen LogP contribution in [-0.4, -0.2) is 26.1 Å². The zero-order valence-corrected chi connectivity index (χ0v) is 14.9. The Balaban J connectivity index is 1.62. The second kappa shape index (κ2) is 6.82. The normalized spacial score (nSPS) is 10.9. The van der Waals surface area contributed by atoms with Gasteiger partial charge in [0.1, 0.15) is 0 Å². The minimum absolute atomic E-state index is 0.103. The molecular formula is C17H9Cl2N5O3. The quantitative estimate of drug-likeness (QED) is 0.564. The van der Waals surface area contributed by atoms with Crippen LogP contribution in [0.2, 0.25) is 10.0 Å². The molecule has 10 heteroatoms. The Labute approximate surface area is 161 Å². The number of benzene rings is 2. The smallest absolute Gasteiger partial charge is 0.291 e. The zero-order chi connectivity index (χ0) is 19.0. The first-order valence-electron chi connectivity index (χ1n) is 7.59. The van der Waals surface area contributed by atoms with Gasteiger partial charge in [0, 0.05) is 16.8 Å². The number of tetrazole rings is 1. The Hall–Kier alpha value is -3.23. The molecule has 0 radical (unpaired) electrons. The van der Waals surface area contributed by atoms with Crippen molar-refractivity contribution in [3.63, 3.8) is 0 Å². The molecule has 2 aromatic heterocycles. The van der Waals surface area contributed by atoms with Crippen LogP contribution in [0.4, 0.5) is 5.69 Å². The molecular weight excluding hydrogens is 393 g/mol. The zero-order valence-electron chi connectivity index (χ0n) is 13.4. The molecule has 0 aliphatic heterocycles. The predicted octanol–water partition coefficient (Wildman–Crippen LogP) is 3.33. The van der Waals surface area contributed by atoms with Crippen molar-refractivity contribution in [2.75, 3.05) is 5.32 Å². The molecule has 134 valence electrons. The van der Waals surface area contributed by atoms with Gasteiger partial charge in [0.15, 0.2) is 23.1 Å². The maximum Gasteiger partial charge on any atom is 0.291 e. The Morgan fingerprint density at radius 1 is 1.11 bits per heavy atom. The molecule has 0 aliphatic rings. The molecule has 0 fully saturated rings.